The molecule has 3 nitrogen and oxygen atoms in total. The normalized spacial score (nSPS) is 17.3. The number of nitrogens with one attached hydrogen (secondary N) is 1. The highest BCUT2D eigenvalue weighted by Crippen LogP contribution is 2.40. The Labute approximate surface area is 63.2 Å². The van der Waals surface area contributed by atoms with Crippen molar-refractivity contribution in [2.45, 2.75) is 18.8 Å². The van der Waals surface area contributed by atoms with E-state index in [2.05, 4.69) is 15.8 Å². The van der Waals surface area contributed by atoms with Gasteiger partial charge in [0.2, 0.25) is 0 Å². The fraction of sp³-hybridized carbons (Fsp3) is 0.500. The Morgan fingerprint density at radius 3 is 3.00 bits per heavy atom. The Morgan fingerprint density at radius 1 is 1.70 bits per heavy atom. The smallest absolute Gasteiger partial charge is 0.197 e. The van der Waals surface area contributed by atoms with Crippen LogP contribution in [0.3, 0.4) is 0 Å². The van der Waals surface area contributed by atoms with Gasteiger partial charge in [-0.1, -0.05) is 0 Å². The van der Waals surface area contributed by atoms with Crippen LogP contribution in [0.4, 0.5) is 5.13 Å². The first-order valence-corrected chi connectivity index (χ1v) is 4.20. The molecule has 1 fully saturated rings. The molecule has 0 atom stereocenters. The zero-order chi connectivity index (χ0) is 6.97. The van der Waals surface area contributed by atoms with E-state index < -0.39 is 0 Å². The molecular weight excluding hydrogens is 146 g/mol. The standard InChI is InChI=1S/C6H9N3S/c7-9-6-8-5(3-10-6)4-1-2-4/h3-4H,1-2,7H2,(H,8,9). The maximum Gasteiger partial charge on any atom is 0.197 e. The third-order valence-corrected chi connectivity index (χ3v) is 2.43. The van der Waals surface area contributed by atoms with Gasteiger partial charge in [0.25, 0.3) is 0 Å². The van der Waals surface area contributed by atoms with Gasteiger partial charge in [-0.3, -0.25) is 5.43 Å². The molecule has 0 bridgehead atoms. The van der Waals surface area contributed by atoms with Crippen LogP contribution in [0.15, 0.2) is 5.38 Å². The molecule has 54 valence electrons. The van der Waals surface area contributed by atoms with Crippen LogP contribution in [0, 0.1) is 0 Å². The molecule has 0 radical (unpaired) electrons. The van der Waals surface area contributed by atoms with Gasteiger partial charge in [-0.15, -0.1) is 11.3 Å². The molecule has 1 heterocycles. The van der Waals surface area contributed by atoms with Crippen molar-refractivity contribution in [3.8, 4) is 0 Å². The summed E-state index contributed by atoms with van der Waals surface area (Å²) in [7, 11) is 0. The number of hydrogen-bond acceptors (Lipinski definition) is 4. The minimum absolute atomic E-state index is 0.735. The Balaban J connectivity index is 2.19. The summed E-state index contributed by atoms with van der Waals surface area (Å²) < 4.78 is 0. The van der Waals surface area contributed by atoms with Gasteiger partial charge in [-0.25, -0.2) is 10.8 Å². The van der Waals surface area contributed by atoms with E-state index in [0.29, 0.717) is 0 Å². The van der Waals surface area contributed by atoms with E-state index in [1.165, 1.54) is 18.5 Å². The van der Waals surface area contributed by atoms with Crippen LogP contribution in [0.2, 0.25) is 0 Å². The van der Waals surface area contributed by atoms with Gasteiger partial charge in [0.05, 0.1) is 5.69 Å². The molecule has 10 heavy (non-hydrogen) atoms. The van der Waals surface area contributed by atoms with E-state index in [4.69, 9.17) is 5.84 Å². The number of hydrogen-bond donors (Lipinski definition) is 2. The first-order chi connectivity index (χ1) is 4.90. The van der Waals surface area contributed by atoms with Crippen LogP contribution in [0.25, 0.3) is 0 Å². The van der Waals surface area contributed by atoms with E-state index in [1.807, 2.05) is 0 Å². The fourth-order valence-electron chi connectivity index (χ4n) is 0.919. The lowest BCUT2D eigenvalue weighted by Gasteiger charge is -1.88. The number of thiazole rings is 1. The summed E-state index contributed by atoms with van der Waals surface area (Å²) >= 11 is 1.57. The zero-order valence-electron chi connectivity index (χ0n) is 5.50. The number of hydrazine groups is 1. The minimum atomic E-state index is 0.735. The SMILES string of the molecule is NNc1nc(C2CC2)cs1. The van der Waals surface area contributed by atoms with Gasteiger partial charge in [-0.2, -0.15) is 0 Å². The summed E-state index contributed by atoms with van der Waals surface area (Å²) in [4.78, 5) is 4.27. The van der Waals surface area contributed by atoms with Crippen molar-refractivity contribution in [3.63, 3.8) is 0 Å². The maximum absolute atomic E-state index is 5.18. The van der Waals surface area contributed by atoms with Gasteiger partial charge in [0.1, 0.15) is 0 Å². The van der Waals surface area contributed by atoms with Gasteiger partial charge < -0.3 is 0 Å². The van der Waals surface area contributed by atoms with Gasteiger partial charge in [0.15, 0.2) is 5.13 Å². The summed E-state index contributed by atoms with van der Waals surface area (Å²) in [5.74, 6) is 5.92. The van der Waals surface area contributed by atoms with Crippen molar-refractivity contribution >= 4 is 16.5 Å². The Bertz CT molecular complexity index is 229. The largest absolute Gasteiger partial charge is 0.300 e. The van der Waals surface area contributed by atoms with E-state index >= 15 is 0 Å². The summed E-state index contributed by atoms with van der Waals surface area (Å²) in [5, 5.41) is 2.90. The molecule has 1 aliphatic carbocycles. The molecule has 3 N–H and O–H groups in total. The number of nitrogen functional groups attached to an aromatic ring is 1. The highest BCUT2D eigenvalue weighted by atomic mass is 32.1. The summed E-state index contributed by atoms with van der Waals surface area (Å²) in [5.41, 5.74) is 3.74. The molecule has 2 rings (SSSR count). The average Bonchev–Trinajstić information content (AvgIpc) is 2.70. The quantitative estimate of drug-likeness (QED) is 0.500. The zero-order valence-corrected chi connectivity index (χ0v) is 6.32. The Morgan fingerprint density at radius 2 is 2.50 bits per heavy atom. The van der Waals surface area contributed by atoms with Gasteiger partial charge >= 0.3 is 0 Å². The average molecular weight is 155 g/mol. The highest BCUT2D eigenvalue weighted by Gasteiger charge is 2.25. The molecule has 4 heteroatoms. The molecule has 1 aliphatic rings. The predicted molar refractivity (Wildman–Crippen MR) is 41.9 cm³/mol. The van der Waals surface area contributed by atoms with E-state index in [0.717, 1.165) is 11.0 Å². The first kappa shape index (κ1) is 6.12. The number of nitrogens with two attached hydrogens (primary N) is 1. The van der Waals surface area contributed by atoms with E-state index in [9.17, 15) is 0 Å². The Kier molecular flexibility index (Phi) is 1.35. The first-order valence-electron chi connectivity index (χ1n) is 3.32. The second-order valence-corrected chi connectivity index (χ2v) is 3.35. The summed E-state index contributed by atoms with van der Waals surface area (Å²) in [6, 6.07) is 0. The molecule has 0 unspecified atom stereocenters. The van der Waals surface area contributed by atoms with Crippen LogP contribution in [-0.4, -0.2) is 4.98 Å². The molecule has 0 aliphatic heterocycles. The summed E-state index contributed by atoms with van der Waals surface area (Å²) in [6.07, 6.45) is 2.60. The molecule has 0 aromatic carbocycles. The lowest BCUT2D eigenvalue weighted by Crippen LogP contribution is -2.05. The third-order valence-electron chi connectivity index (χ3n) is 1.64. The van der Waals surface area contributed by atoms with Crippen molar-refractivity contribution in [1.82, 2.24) is 4.98 Å². The van der Waals surface area contributed by atoms with E-state index in [-0.39, 0.29) is 0 Å². The molecule has 0 saturated heterocycles. The lowest BCUT2D eigenvalue weighted by molar-refractivity contribution is 1.05. The second kappa shape index (κ2) is 2.21. The van der Waals surface area contributed by atoms with Crippen molar-refractivity contribution in [2.24, 2.45) is 5.84 Å². The van der Waals surface area contributed by atoms with Crippen LogP contribution in [0.5, 0.6) is 0 Å². The Hall–Kier alpha value is -0.610. The van der Waals surface area contributed by atoms with Crippen molar-refractivity contribution < 1.29 is 0 Å². The molecule has 1 aromatic heterocycles. The number of rotatable bonds is 2. The van der Waals surface area contributed by atoms with Crippen molar-refractivity contribution in [2.75, 3.05) is 5.43 Å². The molecular formula is C6H9N3S. The van der Waals surface area contributed by atoms with Gasteiger partial charge in [-0.05, 0) is 12.8 Å². The predicted octanol–water partition coefficient (Wildman–Crippen LogP) is 1.31. The molecule has 1 saturated carbocycles. The monoisotopic (exact) mass is 155 g/mol. The minimum Gasteiger partial charge on any atom is -0.300 e. The number of nitrogens with zero attached hydrogens (tertiary/aromatic N) is 1. The fourth-order valence-corrected chi connectivity index (χ4v) is 1.62. The van der Waals surface area contributed by atoms with E-state index in [1.54, 1.807) is 11.3 Å². The van der Waals surface area contributed by atoms with Crippen molar-refractivity contribution in [3.05, 3.63) is 11.1 Å². The number of aromatic nitrogens is 1. The molecule has 0 spiro atoms. The third kappa shape index (κ3) is 0.998. The van der Waals surface area contributed by atoms with Crippen LogP contribution in [-0.2, 0) is 0 Å². The number of anilines is 1. The van der Waals surface area contributed by atoms with Crippen LogP contribution >= 0.6 is 11.3 Å². The molecule has 0 amide bonds. The molecule has 1 aromatic rings. The highest BCUT2D eigenvalue weighted by molar-refractivity contribution is 7.13. The van der Waals surface area contributed by atoms with Crippen molar-refractivity contribution in [1.29, 1.82) is 0 Å². The van der Waals surface area contributed by atoms with Crippen LogP contribution < -0.4 is 11.3 Å². The van der Waals surface area contributed by atoms with Gasteiger partial charge in [0, 0.05) is 11.3 Å². The lowest BCUT2D eigenvalue weighted by atomic mass is 10.3. The van der Waals surface area contributed by atoms with Crippen LogP contribution in [0.1, 0.15) is 24.5 Å². The maximum atomic E-state index is 5.18. The summed E-state index contributed by atoms with van der Waals surface area (Å²) in [6.45, 7) is 0. The topological polar surface area (TPSA) is 50.9 Å². The second-order valence-electron chi connectivity index (χ2n) is 2.50.